The summed E-state index contributed by atoms with van der Waals surface area (Å²) >= 11 is 1.37. The minimum absolute atomic E-state index is 0.196. The van der Waals surface area contributed by atoms with E-state index in [9.17, 15) is 14.7 Å². The van der Waals surface area contributed by atoms with Crippen molar-refractivity contribution in [1.82, 2.24) is 4.90 Å². The molecule has 104 valence electrons. The van der Waals surface area contributed by atoms with Crippen LogP contribution in [0.5, 0.6) is 0 Å². The lowest BCUT2D eigenvalue weighted by Gasteiger charge is -2.21. The molecule has 1 aliphatic rings. The molecule has 1 aromatic rings. The largest absolute Gasteiger partial charge is 0.480 e. The molecule has 2 unspecified atom stereocenters. The van der Waals surface area contributed by atoms with Crippen LogP contribution in [0, 0.1) is 0 Å². The Balaban J connectivity index is 2.24. The predicted molar refractivity (Wildman–Crippen MR) is 71.6 cm³/mol. The lowest BCUT2D eigenvalue weighted by Crippen LogP contribution is -2.40. The fourth-order valence-electron chi connectivity index (χ4n) is 2.36. The molecule has 1 fully saturated rings. The number of carbonyl (C=O) groups excluding carboxylic acids is 1. The third-order valence-corrected chi connectivity index (χ3v) is 4.41. The monoisotopic (exact) mass is 283 g/mol. The van der Waals surface area contributed by atoms with Gasteiger partial charge in [-0.3, -0.25) is 4.79 Å². The van der Waals surface area contributed by atoms with Gasteiger partial charge in [-0.15, -0.1) is 11.3 Å². The molecule has 2 atom stereocenters. The van der Waals surface area contributed by atoms with E-state index in [0.717, 1.165) is 12.0 Å². The van der Waals surface area contributed by atoms with E-state index in [0.29, 0.717) is 17.8 Å². The summed E-state index contributed by atoms with van der Waals surface area (Å²) in [5.74, 6) is -1.17. The minimum atomic E-state index is -0.970. The summed E-state index contributed by atoms with van der Waals surface area (Å²) in [7, 11) is 1.54. The molecule has 1 saturated heterocycles. The van der Waals surface area contributed by atoms with Crippen LogP contribution >= 0.6 is 11.3 Å². The van der Waals surface area contributed by atoms with Crippen molar-refractivity contribution in [3.8, 4) is 0 Å². The maximum atomic E-state index is 12.5. The van der Waals surface area contributed by atoms with Gasteiger partial charge in [-0.05, 0) is 23.4 Å². The van der Waals surface area contributed by atoms with E-state index in [-0.39, 0.29) is 12.0 Å². The number of hydrogen-bond donors (Lipinski definition) is 1. The van der Waals surface area contributed by atoms with Crippen molar-refractivity contribution < 1.29 is 19.4 Å². The van der Waals surface area contributed by atoms with Crippen molar-refractivity contribution in [1.29, 1.82) is 0 Å². The number of carbonyl (C=O) groups is 2. The van der Waals surface area contributed by atoms with Crippen LogP contribution in [0.15, 0.2) is 11.4 Å². The number of carboxylic acids is 1. The number of nitrogens with zero attached hydrogens (tertiary/aromatic N) is 1. The summed E-state index contributed by atoms with van der Waals surface area (Å²) in [6.07, 6.45) is 0.920. The third kappa shape index (κ3) is 2.64. The van der Waals surface area contributed by atoms with Gasteiger partial charge < -0.3 is 14.7 Å². The Bertz CT molecular complexity index is 485. The van der Waals surface area contributed by atoms with Crippen LogP contribution in [-0.2, 0) is 16.0 Å². The summed E-state index contributed by atoms with van der Waals surface area (Å²) in [5.41, 5.74) is 0.972. The third-order valence-electron chi connectivity index (χ3n) is 3.46. The van der Waals surface area contributed by atoms with Gasteiger partial charge in [0, 0.05) is 20.1 Å². The molecule has 2 rings (SSSR count). The fraction of sp³-hybridized carbons (Fsp3) is 0.538. The van der Waals surface area contributed by atoms with Crippen molar-refractivity contribution in [2.75, 3.05) is 13.7 Å². The average Bonchev–Trinajstić information content (AvgIpc) is 3.03. The van der Waals surface area contributed by atoms with Crippen molar-refractivity contribution in [3.63, 3.8) is 0 Å². The van der Waals surface area contributed by atoms with E-state index in [1.807, 2.05) is 18.4 Å². The Hall–Kier alpha value is -1.40. The Morgan fingerprint density at radius 2 is 2.32 bits per heavy atom. The van der Waals surface area contributed by atoms with Gasteiger partial charge in [0.15, 0.2) is 0 Å². The number of ether oxygens (including phenoxy) is 1. The highest BCUT2D eigenvalue weighted by Crippen LogP contribution is 2.26. The minimum Gasteiger partial charge on any atom is -0.480 e. The van der Waals surface area contributed by atoms with E-state index in [2.05, 4.69) is 0 Å². The number of likely N-dealkylation sites (tertiary alicyclic amines) is 1. The van der Waals surface area contributed by atoms with E-state index in [4.69, 9.17) is 4.74 Å². The summed E-state index contributed by atoms with van der Waals surface area (Å²) in [4.78, 5) is 25.8. The standard InChI is InChI=1S/C13H17NO4S/c1-3-8-4-5-19-11(8)12(15)14-7-9(18-2)6-10(14)13(16)17/h4-5,9-10H,3,6-7H2,1-2H3,(H,16,17). The highest BCUT2D eigenvalue weighted by Gasteiger charge is 2.40. The molecule has 6 heteroatoms. The van der Waals surface area contributed by atoms with Gasteiger partial charge in [0.05, 0.1) is 11.0 Å². The molecule has 2 heterocycles. The molecule has 1 amide bonds. The number of aliphatic carboxylic acids is 1. The smallest absolute Gasteiger partial charge is 0.326 e. The number of methoxy groups -OCH3 is 1. The van der Waals surface area contributed by atoms with Crippen molar-refractivity contribution in [3.05, 3.63) is 21.9 Å². The van der Waals surface area contributed by atoms with Crippen LogP contribution in [0.4, 0.5) is 0 Å². The predicted octanol–water partition coefficient (Wildman–Crippen LogP) is 1.62. The van der Waals surface area contributed by atoms with Gasteiger partial charge in [-0.2, -0.15) is 0 Å². The SMILES string of the molecule is CCc1ccsc1C(=O)N1CC(OC)CC1C(=O)O. The van der Waals surface area contributed by atoms with Crippen LogP contribution in [0.1, 0.15) is 28.6 Å². The Morgan fingerprint density at radius 1 is 1.58 bits per heavy atom. The number of carboxylic acid groups (broad SMARTS) is 1. The average molecular weight is 283 g/mol. The van der Waals surface area contributed by atoms with Crippen molar-refractivity contribution in [2.24, 2.45) is 0 Å². The lowest BCUT2D eigenvalue weighted by atomic mass is 10.1. The fourth-order valence-corrected chi connectivity index (χ4v) is 3.31. The van der Waals surface area contributed by atoms with Gasteiger partial charge in [0.1, 0.15) is 6.04 Å². The summed E-state index contributed by atoms with van der Waals surface area (Å²) in [5, 5.41) is 11.1. The molecule has 1 aromatic heterocycles. The highest BCUT2D eigenvalue weighted by atomic mass is 32.1. The second kappa shape index (κ2) is 5.71. The Kier molecular flexibility index (Phi) is 4.21. The topological polar surface area (TPSA) is 66.8 Å². The van der Waals surface area contributed by atoms with Gasteiger partial charge in [-0.25, -0.2) is 4.79 Å². The molecule has 5 nitrogen and oxygen atoms in total. The van der Waals surface area contributed by atoms with Crippen LogP contribution in [0.3, 0.4) is 0 Å². The van der Waals surface area contributed by atoms with E-state index >= 15 is 0 Å². The molecule has 0 aromatic carbocycles. The molecule has 0 aliphatic carbocycles. The van der Waals surface area contributed by atoms with Crippen molar-refractivity contribution in [2.45, 2.75) is 31.9 Å². The second-order valence-electron chi connectivity index (χ2n) is 4.53. The first-order valence-corrected chi connectivity index (χ1v) is 7.09. The van der Waals surface area contributed by atoms with Crippen LogP contribution in [0.2, 0.25) is 0 Å². The van der Waals surface area contributed by atoms with E-state index in [1.165, 1.54) is 16.2 Å². The molecule has 1 aliphatic heterocycles. The maximum Gasteiger partial charge on any atom is 0.326 e. The molecule has 0 spiro atoms. The van der Waals surface area contributed by atoms with Crippen LogP contribution in [0.25, 0.3) is 0 Å². The number of rotatable bonds is 4. The molecule has 0 bridgehead atoms. The first kappa shape index (κ1) is 14.0. The highest BCUT2D eigenvalue weighted by molar-refractivity contribution is 7.12. The first-order chi connectivity index (χ1) is 9.08. The van der Waals surface area contributed by atoms with Crippen molar-refractivity contribution >= 4 is 23.2 Å². The molecular weight excluding hydrogens is 266 g/mol. The number of thiophene rings is 1. The normalized spacial score (nSPS) is 22.7. The Morgan fingerprint density at radius 3 is 2.89 bits per heavy atom. The molecule has 1 N–H and O–H groups in total. The summed E-state index contributed by atoms with van der Waals surface area (Å²) in [6, 6.07) is 1.13. The lowest BCUT2D eigenvalue weighted by molar-refractivity contribution is -0.141. The van der Waals surface area contributed by atoms with E-state index in [1.54, 1.807) is 7.11 Å². The quantitative estimate of drug-likeness (QED) is 0.912. The Labute approximate surface area is 115 Å². The molecule has 0 saturated carbocycles. The zero-order chi connectivity index (χ0) is 14.0. The van der Waals surface area contributed by atoms with Gasteiger partial charge >= 0.3 is 5.97 Å². The number of amides is 1. The molecule has 0 radical (unpaired) electrons. The van der Waals surface area contributed by atoms with Crippen LogP contribution in [-0.4, -0.2) is 47.7 Å². The summed E-state index contributed by atoms with van der Waals surface area (Å²) in [6.45, 7) is 2.32. The van der Waals surface area contributed by atoms with E-state index < -0.39 is 12.0 Å². The zero-order valence-electron chi connectivity index (χ0n) is 11.0. The summed E-state index contributed by atoms with van der Waals surface area (Å²) < 4.78 is 5.19. The molecular formula is C13H17NO4S. The number of hydrogen-bond acceptors (Lipinski definition) is 4. The zero-order valence-corrected chi connectivity index (χ0v) is 11.8. The maximum absolute atomic E-state index is 12.5. The van der Waals surface area contributed by atoms with Gasteiger partial charge in [0.25, 0.3) is 5.91 Å². The first-order valence-electron chi connectivity index (χ1n) is 6.21. The van der Waals surface area contributed by atoms with Crippen LogP contribution < -0.4 is 0 Å². The van der Waals surface area contributed by atoms with Gasteiger partial charge in [-0.1, -0.05) is 6.92 Å². The van der Waals surface area contributed by atoms with Gasteiger partial charge in [0.2, 0.25) is 0 Å². The second-order valence-corrected chi connectivity index (χ2v) is 5.45. The molecule has 19 heavy (non-hydrogen) atoms. The number of aryl methyl sites for hydroxylation is 1.